The summed E-state index contributed by atoms with van der Waals surface area (Å²) in [6.45, 7) is 4.37. The monoisotopic (exact) mass is 541 g/mol. The first kappa shape index (κ1) is 28.1. The first-order chi connectivity index (χ1) is 19.2. The zero-order chi connectivity index (χ0) is 28.7. The molecule has 0 bridgehead atoms. The Labute approximate surface area is 231 Å². The second-order valence-electron chi connectivity index (χ2n) is 9.98. The number of benzene rings is 1. The first-order valence-corrected chi connectivity index (χ1v) is 12.8. The maximum Gasteiger partial charge on any atom is 0.326 e. The molecule has 1 aliphatic heterocycles. The topological polar surface area (TPSA) is 186 Å². The van der Waals surface area contributed by atoms with Gasteiger partial charge in [-0.05, 0) is 57.0 Å². The lowest BCUT2D eigenvalue weighted by Gasteiger charge is -2.22. The van der Waals surface area contributed by atoms with Crippen molar-refractivity contribution >= 4 is 29.7 Å². The van der Waals surface area contributed by atoms with Crippen LogP contribution in [0.3, 0.4) is 0 Å². The second-order valence-corrected chi connectivity index (χ2v) is 9.98. The predicted molar refractivity (Wildman–Crippen MR) is 152 cm³/mol. The van der Waals surface area contributed by atoms with E-state index in [1.54, 1.807) is 49.1 Å². The Balaban J connectivity index is 1.58. The van der Waals surface area contributed by atoms with E-state index in [-0.39, 0.29) is 24.7 Å². The van der Waals surface area contributed by atoms with E-state index in [0.29, 0.717) is 47.0 Å². The van der Waals surface area contributed by atoms with Crippen LogP contribution in [0.2, 0.25) is 0 Å². The maximum atomic E-state index is 11.6. The van der Waals surface area contributed by atoms with Crippen molar-refractivity contribution in [1.29, 1.82) is 5.26 Å². The summed E-state index contributed by atoms with van der Waals surface area (Å²) in [5.74, 6) is 5.72. The minimum absolute atomic E-state index is 0.194. The molecule has 206 valence electrons. The molecule has 0 amide bonds. The minimum atomic E-state index is -1.01. The molecule has 0 aliphatic carbocycles. The number of nitriles is 1. The summed E-state index contributed by atoms with van der Waals surface area (Å²) in [4.78, 5) is 31.5. The van der Waals surface area contributed by atoms with Crippen molar-refractivity contribution in [2.45, 2.75) is 44.9 Å². The van der Waals surface area contributed by atoms with Crippen LogP contribution in [-0.4, -0.2) is 67.8 Å². The first-order valence-electron chi connectivity index (χ1n) is 12.8. The van der Waals surface area contributed by atoms with Gasteiger partial charge in [-0.25, -0.2) is 19.7 Å². The van der Waals surface area contributed by atoms with E-state index in [2.05, 4.69) is 36.4 Å². The molecule has 4 rings (SSSR count). The van der Waals surface area contributed by atoms with Gasteiger partial charge in [0.1, 0.15) is 17.6 Å². The molecule has 1 atom stereocenters. The number of anilines is 2. The molecule has 40 heavy (non-hydrogen) atoms. The summed E-state index contributed by atoms with van der Waals surface area (Å²) in [5, 5.41) is 35.9. The number of hydrogen-bond donors (Lipinski definition) is 4. The lowest BCUT2D eigenvalue weighted by molar-refractivity contribution is -0.138. The largest absolute Gasteiger partial charge is 0.480 e. The van der Waals surface area contributed by atoms with Crippen LogP contribution in [0.15, 0.2) is 58.6 Å². The standard InChI is InChI=1S/C28H31N9O3/c1-28(2,40)17-32-27-34-21(19-7-3-6-18(12-19)14-29)13-22(35-27)23(36-30)16-31-15-20-8-4-10-25(33-20)37-11-5-9-24(37)26(38)39/h3-4,6-8,10,12-13,16,24,40H,5,9,11,15,17,30H2,1-2H3,(H,38,39)(H,32,34,35)/b31-16?,36-23+/t24-/m0/s1. The van der Waals surface area contributed by atoms with Gasteiger partial charge in [0, 0.05) is 18.7 Å². The molecule has 1 aromatic carbocycles. The van der Waals surface area contributed by atoms with Crippen molar-refractivity contribution in [3.05, 3.63) is 65.5 Å². The Morgan fingerprint density at radius 1 is 1.25 bits per heavy atom. The lowest BCUT2D eigenvalue weighted by Crippen LogP contribution is -2.36. The van der Waals surface area contributed by atoms with E-state index >= 15 is 0 Å². The van der Waals surface area contributed by atoms with E-state index in [0.717, 1.165) is 6.42 Å². The fourth-order valence-electron chi connectivity index (χ4n) is 4.25. The highest BCUT2D eigenvalue weighted by Gasteiger charge is 2.31. The third-order valence-electron chi connectivity index (χ3n) is 6.19. The Kier molecular flexibility index (Phi) is 8.66. The smallest absolute Gasteiger partial charge is 0.326 e. The number of pyridine rings is 1. The van der Waals surface area contributed by atoms with Gasteiger partial charge in [-0.15, -0.1) is 0 Å². The number of nitrogens with one attached hydrogen (secondary N) is 1. The third-order valence-corrected chi connectivity index (χ3v) is 6.19. The number of aliphatic carboxylic acids is 1. The second kappa shape index (κ2) is 12.3. The number of nitrogens with zero attached hydrogens (tertiary/aromatic N) is 7. The van der Waals surface area contributed by atoms with Gasteiger partial charge in [0.15, 0.2) is 0 Å². The Morgan fingerprint density at radius 2 is 2.05 bits per heavy atom. The highest BCUT2D eigenvalue weighted by atomic mass is 16.4. The molecule has 0 saturated carbocycles. The average Bonchev–Trinajstić information content (AvgIpc) is 3.45. The number of aliphatic hydroxyl groups is 1. The van der Waals surface area contributed by atoms with Crippen LogP contribution in [0.4, 0.5) is 11.8 Å². The van der Waals surface area contributed by atoms with E-state index in [4.69, 9.17) is 5.84 Å². The molecule has 12 nitrogen and oxygen atoms in total. The molecule has 3 aromatic rings. The van der Waals surface area contributed by atoms with Crippen LogP contribution < -0.4 is 16.1 Å². The van der Waals surface area contributed by atoms with Gasteiger partial charge < -0.3 is 26.3 Å². The van der Waals surface area contributed by atoms with Crippen LogP contribution in [0, 0.1) is 11.3 Å². The van der Waals surface area contributed by atoms with Crippen molar-refractivity contribution in [1.82, 2.24) is 15.0 Å². The number of nitrogens with two attached hydrogens (primary N) is 1. The zero-order valence-electron chi connectivity index (χ0n) is 22.3. The number of rotatable bonds is 10. The molecule has 0 radical (unpaired) electrons. The molecular formula is C28H31N9O3. The van der Waals surface area contributed by atoms with Gasteiger partial charge in [-0.3, -0.25) is 4.99 Å². The summed E-state index contributed by atoms with van der Waals surface area (Å²) in [5.41, 5.74) is 2.04. The molecule has 12 heteroatoms. The highest BCUT2D eigenvalue weighted by molar-refractivity contribution is 6.37. The molecular weight excluding hydrogens is 510 g/mol. The average molecular weight is 542 g/mol. The Bertz CT molecular complexity index is 1470. The quantitative estimate of drug-likeness (QED) is 0.169. The van der Waals surface area contributed by atoms with Gasteiger partial charge in [0.25, 0.3) is 0 Å². The molecule has 2 aromatic heterocycles. The van der Waals surface area contributed by atoms with E-state index < -0.39 is 17.6 Å². The number of aliphatic imine (C=N–C) groups is 1. The highest BCUT2D eigenvalue weighted by Crippen LogP contribution is 2.25. The normalized spacial score (nSPS) is 15.8. The van der Waals surface area contributed by atoms with Crippen molar-refractivity contribution < 1.29 is 15.0 Å². The summed E-state index contributed by atoms with van der Waals surface area (Å²) >= 11 is 0. The molecule has 0 unspecified atom stereocenters. The summed E-state index contributed by atoms with van der Waals surface area (Å²) in [7, 11) is 0. The van der Waals surface area contributed by atoms with Gasteiger partial charge in [-0.2, -0.15) is 10.4 Å². The molecule has 3 heterocycles. The summed E-state index contributed by atoms with van der Waals surface area (Å²) in [6.07, 6.45) is 2.87. The number of carbonyl (C=O) groups is 1. The molecule has 0 spiro atoms. The summed E-state index contributed by atoms with van der Waals surface area (Å²) in [6, 6.07) is 15.7. The molecule has 5 N–H and O–H groups in total. The Morgan fingerprint density at radius 3 is 2.77 bits per heavy atom. The van der Waals surface area contributed by atoms with Crippen molar-refractivity contribution in [3.8, 4) is 17.3 Å². The van der Waals surface area contributed by atoms with Crippen LogP contribution in [-0.2, 0) is 11.3 Å². The van der Waals surface area contributed by atoms with Crippen molar-refractivity contribution in [2.75, 3.05) is 23.3 Å². The lowest BCUT2D eigenvalue weighted by atomic mass is 10.1. The van der Waals surface area contributed by atoms with Crippen LogP contribution in [0.25, 0.3) is 11.3 Å². The number of carboxylic acid groups (broad SMARTS) is 1. The number of hydrazone groups is 1. The minimum Gasteiger partial charge on any atom is -0.480 e. The van der Waals surface area contributed by atoms with E-state index in [1.165, 1.54) is 6.21 Å². The van der Waals surface area contributed by atoms with Crippen molar-refractivity contribution in [3.63, 3.8) is 0 Å². The van der Waals surface area contributed by atoms with Crippen LogP contribution >= 0.6 is 0 Å². The van der Waals surface area contributed by atoms with Crippen molar-refractivity contribution in [2.24, 2.45) is 15.9 Å². The molecule has 1 aliphatic rings. The zero-order valence-corrected chi connectivity index (χ0v) is 22.3. The fourth-order valence-corrected chi connectivity index (χ4v) is 4.25. The van der Waals surface area contributed by atoms with Crippen LogP contribution in [0.5, 0.6) is 0 Å². The van der Waals surface area contributed by atoms with Gasteiger partial charge in [0.2, 0.25) is 5.95 Å². The van der Waals surface area contributed by atoms with Gasteiger partial charge in [0.05, 0.1) is 47.1 Å². The van der Waals surface area contributed by atoms with Crippen LogP contribution in [0.1, 0.15) is 43.6 Å². The fraction of sp³-hybridized carbons (Fsp3) is 0.321. The van der Waals surface area contributed by atoms with E-state index in [9.17, 15) is 20.3 Å². The summed E-state index contributed by atoms with van der Waals surface area (Å²) < 4.78 is 0. The third kappa shape index (κ3) is 7.15. The number of aromatic nitrogens is 3. The predicted octanol–water partition coefficient (Wildman–Crippen LogP) is 2.58. The number of hydrogen-bond acceptors (Lipinski definition) is 11. The molecule has 1 fully saturated rings. The Hall–Kier alpha value is -4.89. The molecule has 1 saturated heterocycles. The van der Waals surface area contributed by atoms with E-state index in [1.807, 2.05) is 18.2 Å². The maximum absolute atomic E-state index is 11.6. The SMILES string of the molecule is CC(C)(O)CNc1nc(/C(C=NCc2cccc(N3CCC[C@H]3C(=O)O)n2)=N/N)cc(-c2cccc(C#N)c2)n1. The van der Waals surface area contributed by atoms with Gasteiger partial charge >= 0.3 is 5.97 Å². The number of carboxylic acids is 1. The van der Waals surface area contributed by atoms with Gasteiger partial charge in [-0.1, -0.05) is 18.2 Å².